The molecular formula is C21H33N3O2. The molecule has 1 aliphatic heterocycles. The lowest BCUT2D eigenvalue weighted by Gasteiger charge is -2.35. The van der Waals surface area contributed by atoms with Crippen LogP contribution in [0.4, 0.5) is 0 Å². The average molecular weight is 360 g/mol. The molecule has 1 aromatic rings. The molecular weight excluding hydrogens is 326 g/mol. The number of carbonyl (C=O) groups is 2. The van der Waals surface area contributed by atoms with E-state index in [1.807, 2.05) is 58.0 Å². The molecule has 1 fully saturated rings. The van der Waals surface area contributed by atoms with Crippen molar-refractivity contribution in [2.24, 2.45) is 11.3 Å². The fourth-order valence-corrected chi connectivity index (χ4v) is 3.43. The van der Waals surface area contributed by atoms with E-state index < -0.39 is 0 Å². The number of carbonyl (C=O) groups excluding carboxylic acids is 2. The minimum Gasteiger partial charge on any atom is -0.354 e. The number of nitrogens with one attached hydrogen (secondary N) is 1. The van der Waals surface area contributed by atoms with Crippen LogP contribution in [0.25, 0.3) is 0 Å². The molecule has 144 valence electrons. The molecule has 5 nitrogen and oxygen atoms in total. The zero-order valence-electron chi connectivity index (χ0n) is 16.8. The first-order chi connectivity index (χ1) is 12.2. The topological polar surface area (TPSA) is 52.7 Å². The number of likely N-dealkylation sites (N-methyl/N-ethyl adjacent to an activating group) is 1. The van der Waals surface area contributed by atoms with Crippen LogP contribution in [0.3, 0.4) is 0 Å². The summed E-state index contributed by atoms with van der Waals surface area (Å²) >= 11 is 0. The highest BCUT2D eigenvalue weighted by Crippen LogP contribution is 2.24. The minimum atomic E-state index is -0.357. The van der Waals surface area contributed by atoms with Gasteiger partial charge in [-0.15, -0.1) is 0 Å². The lowest BCUT2D eigenvalue weighted by atomic mass is 9.90. The summed E-state index contributed by atoms with van der Waals surface area (Å²) in [6.45, 7) is 7.77. The number of hydrogen-bond donors (Lipinski definition) is 1. The molecule has 0 spiro atoms. The molecule has 5 heteroatoms. The van der Waals surface area contributed by atoms with Crippen molar-refractivity contribution in [3.8, 4) is 0 Å². The van der Waals surface area contributed by atoms with Crippen molar-refractivity contribution < 1.29 is 9.59 Å². The third-order valence-corrected chi connectivity index (χ3v) is 5.07. The van der Waals surface area contributed by atoms with Gasteiger partial charge in [-0.25, -0.2) is 0 Å². The Labute approximate surface area is 157 Å². The van der Waals surface area contributed by atoms with Crippen molar-refractivity contribution in [3.63, 3.8) is 0 Å². The second-order valence-corrected chi connectivity index (χ2v) is 8.45. The molecule has 2 rings (SSSR count). The molecule has 2 amide bonds. The number of amides is 2. The van der Waals surface area contributed by atoms with Gasteiger partial charge in [-0.05, 0) is 32.5 Å². The Bertz CT molecular complexity index is 599. The van der Waals surface area contributed by atoms with E-state index in [9.17, 15) is 9.59 Å². The number of rotatable bonds is 5. The van der Waals surface area contributed by atoms with Gasteiger partial charge in [-0.1, -0.05) is 51.1 Å². The van der Waals surface area contributed by atoms with Crippen LogP contribution >= 0.6 is 0 Å². The quantitative estimate of drug-likeness (QED) is 0.879. The fraction of sp³-hybridized carbons (Fsp3) is 0.619. The Morgan fingerprint density at radius 2 is 1.73 bits per heavy atom. The molecule has 1 aliphatic rings. The lowest BCUT2D eigenvalue weighted by molar-refractivity contribution is -0.142. The van der Waals surface area contributed by atoms with E-state index in [4.69, 9.17) is 0 Å². The van der Waals surface area contributed by atoms with Gasteiger partial charge < -0.3 is 15.1 Å². The number of likely N-dealkylation sites (tertiary alicyclic amines) is 1. The van der Waals surface area contributed by atoms with Gasteiger partial charge >= 0.3 is 0 Å². The Morgan fingerprint density at radius 3 is 2.23 bits per heavy atom. The highest BCUT2D eigenvalue weighted by atomic mass is 16.2. The predicted molar refractivity (Wildman–Crippen MR) is 105 cm³/mol. The van der Waals surface area contributed by atoms with Gasteiger partial charge in [0.15, 0.2) is 0 Å². The molecule has 0 saturated carbocycles. The second-order valence-electron chi connectivity index (χ2n) is 8.45. The van der Waals surface area contributed by atoms with E-state index in [0.717, 1.165) is 12.8 Å². The van der Waals surface area contributed by atoms with Gasteiger partial charge in [-0.3, -0.25) is 9.59 Å². The number of piperidine rings is 1. The monoisotopic (exact) mass is 359 g/mol. The Hall–Kier alpha value is -1.88. The van der Waals surface area contributed by atoms with Gasteiger partial charge in [0.2, 0.25) is 11.8 Å². The van der Waals surface area contributed by atoms with E-state index in [0.29, 0.717) is 19.6 Å². The highest BCUT2D eigenvalue weighted by molar-refractivity contribution is 5.82. The van der Waals surface area contributed by atoms with Crippen molar-refractivity contribution in [3.05, 3.63) is 35.9 Å². The first-order valence-electron chi connectivity index (χ1n) is 9.48. The van der Waals surface area contributed by atoms with Crippen molar-refractivity contribution in [1.82, 2.24) is 15.1 Å². The molecule has 1 N–H and O–H groups in total. The summed E-state index contributed by atoms with van der Waals surface area (Å²) in [5, 5.41) is 3.12. The summed E-state index contributed by atoms with van der Waals surface area (Å²) in [6.07, 6.45) is 1.48. The maximum atomic E-state index is 12.6. The maximum Gasteiger partial charge on any atom is 0.227 e. The third kappa shape index (κ3) is 5.31. The number of nitrogens with zero attached hydrogens (tertiary/aromatic N) is 2. The van der Waals surface area contributed by atoms with Crippen molar-refractivity contribution in [2.75, 3.05) is 33.7 Å². The zero-order valence-corrected chi connectivity index (χ0v) is 16.8. The predicted octanol–water partition coefficient (Wildman–Crippen LogP) is 2.69. The van der Waals surface area contributed by atoms with E-state index in [2.05, 4.69) is 22.3 Å². The molecule has 0 aromatic heterocycles. The van der Waals surface area contributed by atoms with Crippen LogP contribution in [0.1, 0.15) is 45.2 Å². The summed E-state index contributed by atoms with van der Waals surface area (Å²) in [5.74, 6) is 0.279. The molecule has 1 heterocycles. The maximum absolute atomic E-state index is 12.6. The molecule has 1 atom stereocenters. The van der Waals surface area contributed by atoms with E-state index in [1.54, 1.807) is 0 Å². The first-order valence-corrected chi connectivity index (χ1v) is 9.48. The van der Waals surface area contributed by atoms with Crippen LogP contribution in [0.15, 0.2) is 30.3 Å². The molecule has 1 aromatic carbocycles. The van der Waals surface area contributed by atoms with Gasteiger partial charge in [-0.2, -0.15) is 0 Å². The Morgan fingerprint density at radius 1 is 1.15 bits per heavy atom. The number of hydrogen-bond acceptors (Lipinski definition) is 3. The van der Waals surface area contributed by atoms with Gasteiger partial charge in [0, 0.05) is 31.0 Å². The first kappa shape index (κ1) is 20.4. The molecule has 0 bridgehead atoms. The van der Waals surface area contributed by atoms with Gasteiger partial charge in [0.25, 0.3) is 0 Å². The second kappa shape index (κ2) is 8.67. The summed E-state index contributed by atoms with van der Waals surface area (Å²) < 4.78 is 0. The Kier molecular flexibility index (Phi) is 6.81. The SMILES string of the molecule is CN(C)C(CNC(=O)C1CCN(C(=O)C(C)(C)C)CC1)c1ccccc1. The van der Waals surface area contributed by atoms with Crippen LogP contribution in [-0.2, 0) is 9.59 Å². The molecule has 26 heavy (non-hydrogen) atoms. The average Bonchev–Trinajstić information content (AvgIpc) is 2.61. The normalized spacial score (nSPS) is 17.2. The van der Waals surface area contributed by atoms with Gasteiger partial charge in [0.05, 0.1) is 6.04 Å². The van der Waals surface area contributed by atoms with Crippen LogP contribution < -0.4 is 5.32 Å². The van der Waals surface area contributed by atoms with Crippen molar-refractivity contribution >= 4 is 11.8 Å². The van der Waals surface area contributed by atoms with Crippen LogP contribution in [0.2, 0.25) is 0 Å². The largest absolute Gasteiger partial charge is 0.354 e. The summed E-state index contributed by atoms with van der Waals surface area (Å²) in [7, 11) is 4.06. The third-order valence-electron chi connectivity index (χ3n) is 5.07. The lowest BCUT2D eigenvalue weighted by Crippen LogP contribution is -2.47. The van der Waals surface area contributed by atoms with Crippen LogP contribution in [0, 0.1) is 11.3 Å². The summed E-state index contributed by atoms with van der Waals surface area (Å²) in [5.41, 5.74) is 0.840. The molecule has 1 saturated heterocycles. The van der Waals surface area contributed by atoms with E-state index >= 15 is 0 Å². The summed E-state index contributed by atoms with van der Waals surface area (Å²) in [6, 6.07) is 10.4. The van der Waals surface area contributed by atoms with Gasteiger partial charge in [0.1, 0.15) is 0 Å². The summed E-state index contributed by atoms with van der Waals surface area (Å²) in [4.78, 5) is 29.0. The van der Waals surface area contributed by atoms with Crippen LogP contribution in [-0.4, -0.2) is 55.3 Å². The number of benzene rings is 1. The molecule has 1 unspecified atom stereocenters. The van der Waals surface area contributed by atoms with Crippen LogP contribution in [0.5, 0.6) is 0 Å². The van der Waals surface area contributed by atoms with E-state index in [1.165, 1.54) is 5.56 Å². The zero-order chi connectivity index (χ0) is 19.3. The smallest absolute Gasteiger partial charge is 0.227 e. The fourth-order valence-electron chi connectivity index (χ4n) is 3.43. The molecule has 0 aliphatic carbocycles. The molecule has 0 radical (unpaired) electrons. The minimum absolute atomic E-state index is 0.00222. The standard InChI is InChI=1S/C21H33N3O2/c1-21(2,3)20(26)24-13-11-17(12-14-24)19(25)22-15-18(23(4)5)16-9-7-6-8-10-16/h6-10,17-18H,11-15H2,1-5H3,(H,22,25). The van der Waals surface area contributed by atoms with Crippen molar-refractivity contribution in [1.29, 1.82) is 0 Å². The Balaban J connectivity index is 1.86. The highest BCUT2D eigenvalue weighted by Gasteiger charge is 2.32. The van der Waals surface area contributed by atoms with Crippen molar-refractivity contribution in [2.45, 2.75) is 39.7 Å². The van der Waals surface area contributed by atoms with E-state index in [-0.39, 0.29) is 29.2 Å².